The Morgan fingerprint density at radius 2 is 1.94 bits per heavy atom. The first-order valence-corrected chi connectivity index (χ1v) is 6.02. The van der Waals surface area contributed by atoms with E-state index in [1.54, 1.807) is 0 Å². The monoisotopic (exact) mass is 285 g/mol. The van der Waals surface area contributed by atoms with Gasteiger partial charge in [-0.15, -0.1) is 0 Å². The molecule has 0 radical (unpaired) electrons. The SMILES string of the molecule is Cc1cc(NCCCC(=O)O)cc(C)c1Br. The number of hydrogen-bond donors (Lipinski definition) is 2. The molecule has 1 rings (SSSR count). The van der Waals surface area contributed by atoms with Crippen molar-refractivity contribution in [3.05, 3.63) is 27.7 Å². The fourth-order valence-electron chi connectivity index (χ4n) is 1.52. The van der Waals surface area contributed by atoms with E-state index in [9.17, 15) is 4.79 Å². The minimum Gasteiger partial charge on any atom is -0.481 e. The number of carboxylic acids is 1. The van der Waals surface area contributed by atoms with Gasteiger partial charge in [-0.2, -0.15) is 0 Å². The number of halogens is 1. The first kappa shape index (κ1) is 13.0. The Hall–Kier alpha value is -1.03. The smallest absolute Gasteiger partial charge is 0.303 e. The van der Waals surface area contributed by atoms with Crippen LogP contribution in [0.15, 0.2) is 16.6 Å². The molecule has 1 aromatic rings. The van der Waals surface area contributed by atoms with Gasteiger partial charge in [0.1, 0.15) is 0 Å². The summed E-state index contributed by atoms with van der Waals surface area (Å²) in [5.74, 6) is -0.745. The average Bonchev–Trinajstić information content (AvgIpc) is 2.20. The molecule has 0 bridgehead atoms. The van der Waals surface area contributed by atoms with Crippen molar-refractivity contribution in [1.82, 2.24) is 0 Å². The van der Waals surface area contributed by atoms with Crippen molar-refractivity contribution in [1.29, 1.82) is 0 Å². The Morgan fingerprint density at radius 1 is 1.38 bits per heavy atom. The highest BCUT2D eigenvalue weighted by Gasteiger charge is 2.02. The number of nitrogens with one attached hydrogen (secondary N) is 1. The van der Waals surface area contributed by atoms with Gasteiger partial charge in [-0.3, -0.25) is 4.79 Å². The van der Waals surface area contributed by atoms with Gasteiger partial charge >= 0.3 is 5.97 Å². The molecule has 0 aromatic heterocycles. The molecule has 0 aliphatic heterocycles. The van der Waals surface area contributed by atoms with Crippen LogP contribution in [0.5, 0.6) is 0 Å². The van der Waals surface area contributed by atoms with E-state index in [2.05, 4.69) is 33.4 Å². The zero-order valence-electron chi connectivity index (χ0n) is 9.51. The maximum atomic E-state index is 10.3. The first-order chi connectivity index (χ1) is 7.50. The quantitative estimate of drug-likeness (QED) is 0.816. The van der Waals surface area contributed by atoms with Gasteiger partial charge < -0.3 is 10.4 Å². The van der Waals surface area contributed by atoms with Gasteiger partial charge in [0.15, 0.2) is 0 Å². The molecule has 0 fully saturated rings. The Morgan fingerprint density at radius 3 is 2.44 bits per heavy atom. The molecule has 88 valence electrons. The summed E-state index contributed by atoms with van der Waals surface area (Å²) in [5.41, 5.74) is 3.41. The fourth-order valence-corrected chi connectivity index (χ4v) is 1.75. The molecular formula is C12H16BrNO2. The molecule has 0 saturated heterocycles. The van der Waals surface area contributed by atoms with E-state index in [1.165, 1.54) is 11.1 Å². The Bertz CT molecular complexity index is 368. The lowest BCUT2D eigenvalue weighted by molar-refractivity contribution is -0.137. The van der Waals surface area contributed by atoms with Crippen molar-refractivity contribution in [2.75, 3.05) is 11.9 Å². The van der Waals surface area contributed by atoms with E-state index in [4.69, 9.17) is 5.11 Å². The summed E-state index contributed by atoms with van der Waals surface area (Å²) in [4.78, 5) is 10.3. The molecule has 4 heteroatoms. The minimum absolute atomic E-state index is 0.210. The summed E-state index contributed by atoms with van der Waals surface area (Å²) < 4.78 is 1.13. The topological polar surface area (TPSA) is 49.3 Å². The lowest BCUT2D eigenvalue weighted by Crippen LogP contribution is -2.05. The number of anilines is 1. The van der Waals surface area contributed by atoms with E-state index < -0.39 is 5.97 Å². The van der Waals surface area contributed by atoms with E-state index in [-0.39, 0.29) is 6.42 Å². The van der Waals surface area contributed by atoms with Gasteiger partial charge in [0.05, 0.1) is 0 Å². The van der Waals surface area contributed by atoms with Crippen LogP contribution in [0.25, 0.3) is 0 Å². The molecule has 0 unspecified atom stereocenters. The highest BCUT2D eigenvalue weighted by atomic mass is 79.9. The van der Waals surface area contributed by atoms with Gasteiger partial charge in [-0.05, 0) is 43.5 Å². The molecule has 1 aromatic carbocycles. The number of aliphatic carboxylic acids is 1. The van der Waals surface area contributed by atoms with Crippen LogP contribution in [0.4, 0.5) is 5.69 Å². The maximum absolute atomic E-state index is 10.3. The lowest BCUT2D eigenvalue weighted by Gasteiger charge is -2.10. The van der Waals surface area contributed by atoms with Crippen molar-refractivity contribution < 1.29 is 9.90 Å². The van der Waals surface area contributed by atoms with Crippen LogP contribution in [-0.4, -0.2) is 17.6 Å². The van der Waals surface area contributed by atoms with E-state index in [0.29, 0.717) is 13.0 Å². The van der Waals surface area contributed by atoms with Gasteiger partial charge in [-0.25, -0.2) is 0 Å². The van der Waals surface area contributed by atoms with E-state index in [0.717, 1.165) is 10.2 Å². The standard InChI is InChI=1S/C12H16BrNO2/c1-8-6-10(7-9(2)12(8)13)14-5-3-4-11(15)16/h6-7,14H,3-5H2,1-2H3,(H,15,16). The zero-order valence-corrected chi connectivity index (χ0v) is 11.1. The van der Waals surface area contributed by atoms with Crippen LogP contribution in [0.3, 0.4) is 0 Å². The third-order valence-electron chi connectivity index (χ3n) is 2.33. The summed E-state index contributed by atoms with van der Waals surface area (Å²) in [5, 5.41) is 11.7. The Kier molecular flexibility index (Phi) is 4.80. The van der Waals surface area contributed by atoms with Crippen LogP contribution in [-0.2, 0) is 4.79 Å². The normalized spacial score (nSPS) is 10.2. The van der Waals surface area contributed by atoms with Gasteiger partial charge in [0.25, 0.3) is 0 Å². The van der Waals surface area contributed by atoms with Crippen LogP contribution in [0.1, 0.15) is 24.0 Å². The number of carbonyl (C=O) groups is 1. The van der Waals surface area contributed by atoms with Gasteiger partial charge in [0.2, 0.25) is 0 Å². The van der Waals surface area contributed by atoms with Crippen LogP contribution < -0.4 is 5.32 Å². The van der Waals surface area contributed by atoms with Crippen molar-refractivity contribution in [2.45, 2.75) is 26.7 Å². The van der Waals surface area contributed by atoms with E-state index in [1.807, 2.05) is 13.8 Å². The Labute approximate surface area is 104 Å². The number of benzene rings is 1. The van der Waals surface area contributed by atoms with Gasteiger partial charge in [-0.1, -0.05) is 15.9 Å². The third-order valence-corrected chi connectivity index (χ3v) is 3.58. The molecule has 0 amide bonds. The summed E-state index contributed by atoms with van der Waals surface area (Å²) >= 11 is 3.51. The number of hydrogen-bond acceptors (Lipinski definition) is 2. The average molecular weight is 286 g/mol. The number of aryl methyl sites for hydroxylation is 2. The molecule has 2 N–H and O–H groups in total. The maximum Gasteiger partial charge on any atom is 0.303 e. The lowest BCUT2D eigenvalue weighted by atomic mass is 10.1. The molecule has 3 nitrogen and oxygen atoms in total. The predicted octanol–water partition coefficient (Wildman–Crippen LogP) is 3.34. The van der Waals surface area contributed by atoms with Crippen molar-refractivity contribution in [3.8, 4) is 0 Å². The van der Waals surface area contributed by atoms with E-state index >= 15 is 0 Å². The summed E-state index contributed by atoms with van der Waals surface area (Å²) in [7, 11) is 0. The molecule has 0 heterocycles. The Balaban J connectivity index is 2.52. The second-order valence-electron chi connectivity index (χ2n) is 3.85. The summed E-state index contributed by atoms with van der Waals surface area (Å²) in [6.07, 6.45) is 0.852. The van der Waals surface area contributed by atoms with Crippen molar-refractivity contribution in [3.63, 3.8) is 0 Å². The highest BCUT2D eigenvalue weighted by molar-refractivity contribution is 9.10. The first-order valence-electron chi connectivity index (χ1n) is 5.23. The summed E-state index contributed by atoms with van der Waals surface area (Å²) in [6.45, 7) is 4.77. The second kappa shape index (κ2) is 5.89. The predicted molar refractivity (Wildman–Crippen MR) is 69.0 cm³/mol. The van der Waals surface area contributed by atoms with Crippen LogP contribution in [0, 0.1) is 13.8 Å². The second-order valence-corrected chi connectivity index (χ2v) is 4.64. The van der Waals surface area contributed by atoms with Crippen molar-refractivity contribution >= 4 is 27.6 Å². The molecule has 0 aliphatic rings. The number of carboxylic acid groups (broad SMARTS) is 1. The highest BCUT2D eigenvalue weighted by Crippen LogP contribution is 2.24. The molecule has 0 spiro atoms. The molecule has 0 saturated carbocycles. The molecule has 0 atom stereocenters. The summed E-state index contributed by atoms with van der Waals surface area (Å²) in [6, 6.07) is 4.11. The number of rotatable bonds is 5. The molecule has 16 heavy (non-hydrogen) atoms. The minimum atomic E-state index is -0.745. The van der Waals surface area contributed by atoms with Crippen molar-refractivity contribution in [2.24, 2.45) is 0 Å². The largest absolute Gasteiger partial charge is 0.481 e. The van der Waals surface area contributed by atoms with Crippen LogP contribution >= 0.6 is 15.9 Å². The molecule has 0 aliphatic carbocycles. The fraction of sp³-hybridized carbons (Fsp3) is 0.417. The third kappa shape index (κ3) is 3.85. The molecular weight excluding hydrogens is 270 g/mol. The van der Waals surface area contributed by atoms with Crippen LogP contribution in [0.2, 0.25) is 0 Å². The zero-order chi connectivity index (χ0) is 12.1. The van der Waals surface area contributed by atoms with Gasteiger partial charge in [0, 0.05) is 23.1 Å².